The minimum Gasteiger partial charge on any atom is -0.358 e. The zero-order valence-electron chi connectivity index (χ0n) is 10.1. The molecule has 1 aromatic heterocycles. The first-order valence-electron chi connectivity index (χ1n) is 5.38. The maximum atomic E-state index is 10.8. The lowest BCUT2D eigenvalue weighted by Crippen LogP contribution is -2.31. The Morgan fingerprint density at radius 1 is 1.62 bits per heavy atom. The first-order valence-corrected chi connectivity index (χ1v) is 5.38. The highest BCUT2D eigenvalue weighted by Gasteiger charge is 2.27. The van der Waals surface area contributed by atoms with E-state index in [0.29, 0.717) is 5.69 Å². The molecule has 0 radical (unpaired) electrons. The SMILES string of the molecule is CCNC(C)C(C)c1c([N+](=O)[O-])ncn1C. The second-order valence-electron chi connectivity index (χ2n) is 3.96. The fourth-order valence-electron chi connectivity index (χ4n) is 1.83. The monoisotopic (exact) mass is 226 g/mol. The Bertz CT molecular complexity index is 375. The lowest BCUT2D eigenvalue weighted by Gasteiger charge is -2.20. The predicted octanol–water partition coefficient (Wildman–Crippen LogP) is 1.43. The number of nitrogens with zero attached hydrogens (tertiary/aromatic N) is 3. The molecule has 0 saturated heterocycles. The van der Waals surface area contributed by atoms with E-state index in [-0.39, 0.29) is 17.8 Å². The molecule has 0 aliphatic carbocycles. The van der Waals surface area contributed by atoms with Gasteiger partial charge in [0.2, 0.25) is 6.33 Å². The highest BCUT2D eigenvalue weighted by molar-refractivity contribution is 5.31. The van der Waals surface area contributed by atoms with Gasteiger partial charge in [-0.1, -0.05) is 13.8 Å². The van der Waals surface area contributed by atoms with E-state index in [0.717, 1.165) is 6.54 Å². The molecule has 0 amide bonds. The van der Waals surface area contributed by atoms with Crippen molar-refractivity contribution >= 4 is 5.82 Å². The molecule has 1 N–H and O–H groups in total. The zero-order chi connectivity index (χ0) is 12.3. The second kappa shape index (κ2) is 5.07. The van der Waals surface area contributed by atoms with E-state index >= 15 is 0 Å². The molecule has 0 bridgehead atoms. The number of rotatable bonds is 5. The summed E-state index contributed by atoms with van der Waals surface area (Å²) in [5, 5.41) is 14.1. The summed E-state index contributed by atoms with van der Waals surface area (Å²) in [6, 6.07) is 0.180. The van der Waals surface area contributed by atoms with Crippen LogP contribution in [0.4, 0.5) is 5.82 Å². The average Bonchev–Trinajstić information content (AvgIpc) is 2.59. The van der Waals surface area contributed by atoms with Crippen molar-refractivity contribution in [3.05, 3.63) is 22.1 Å². The molecule has 0 fully saturated rings. The van der Waals surface area contributed by atoms with E-state index in [9.17, 15) is 10.1 Å². The summed E-state index contributed by atoms with van der Waals surface area (Å²) in [5.41, 5.74) is 0.665. The van der Waals surface area contributed by atoms with Crippen molar-refractivity contribution in [2.45, 2.75) is 32.7 Å². The van der Waals surface area contributed by atoms with E-state index < -0.39 is 4.92 Å². The Labute approximate surface area is 94.8 Å². The third-order valence-electron chi connectivity index (χ3n) is 2.84. The summed E-state index contributed by atoms with van der Waals surface area (Å²) in [7, 11) is 1.78. The number of imidazole rings is 1. The standard InChI is InChI=1S/C10H18N4O2/c1-5-11-8(3)7(2)9-10(14(15)16)12-6-13(9)4/h6-8,11H,5H2,1-4H3. The van der Waals surface area contributed by atoms with Crippen molar-refractivity contribution in [1.82, 2.24) is 14.9 Å². The maximum Gasteiger partial charge on any atom is 0.385 e. The number of aromatic nitrogens is 2. The summed E-state index contributed by atoms with van der Waals surface area (Å²) in [5.74, 6) is 0.00704. The van der Waals surface area contributed by atoms with E-state index in [1.807, 2.05) is 20.8 Å². The Morgan fingerprint density at radius 3 is 2.75 bits per heavy atom. The van der Waals surface area contributed by atoms with Crippen LogP contribution in [-0.2, 0) is 7.05 Å². The Morgan fingerprint density at radius 2 is 2.25 bits per heavy atom. The number of hydrogen-bond acceptors (Lipinski definition) is 4. The minimum atomic E-state index is -0.426. The number of hydrogen-bond donors (Lipinski definition) is 1. The quantitative estimate of drug-likeness (QED) is 0.609. The van der Waals surface area contributed by atoms with Gasteiger partial charge in [0.25, 0.3) is 0 Å². The van der Waals surface area contributed by atoms with Gasteiger partial charge in [0.1, 0.15) is 5.69 Å². The maximum absolute atomic E-state index is 10.8. The van der Waals surface area contributed by atoms with Crippen LogP contribution in [-0.4, -0.2) is 27.1 Å². The molecule has 6 heteroatoms. The molecule has 0 aromatic carbocycles. The van der Waals surface area contributed by atoms with Gasteiger partial charge in [-0.05, 0) is 23.4 Å². The number of likely N-dealkylation sites (N-methyl/N-ethyl adjacent to an activating group) is 1. The molecule has 0 aliphatic rings. The van der Waals surface area contributed by atoms with Crippen LogP contribution in [0.15, 0.2) is 6.33 Å². The molecule has 2 unspecified atom stereocenters. The lowest BCUT2D eigenvalue weighted by atomic mass is 9.99. The van der Waals surface area contributed by atoms with Crippen LogP contribution in [0, 0.1) is 10.1 Å². The van der Waals surface area contributed by atoms with Crippen molar-refractivity contribution < 1.29 is 4.92 Å². The minimum absolute atomic E-state index is 0.0419. The van der Waals surface area contributed by atoms with Gasteiger partial charge in [-0.3, -0.25) is 0 Å². The Hall–Kier alpha value is -1.43. The molecule has 0 aliphatic heterocycles. The van der Waals surface area contributed by atoms with Crippen molar-refractivity contribution in [2.24, 2.45) is 7.05 Å². The van der Waals surface area contributed by atoms with Crippen LogP contribution in [0.5, 0.6) is 0 Å². The van der Waals surface area contributed by atoms with Crippen molar-refractivity contribution in [3.8, 4) is 0 Å². The molecule has 1 aromatic rings. The predicted molar refractivity (Wildman–Crippen MR) is 61.4 cm³/mol. The van der Waals surface area contributed by atoms with Crippen LogP contribution >= 0.6 is 0 Å². The smallest absolute Gasteiger partial charge is 0.358 e. The molecule has 1 heterocycles. The molecule has 0 saturated carbocycles. The van der Waals surface area contributed by atoms with Crippen molar-refractivity contribution in [1.29, 1.82) is 0 Å². The Balaban J connectivity index is 3.01. The fourth-order valence-corrected chi connectivity index (χ4v) is 1.83. The second-order valence-corrected chi connectivity index (χ2v) is 3.96. The molecular weight excluding hydrogens is 208 g/mol. The highest BCUT2D eigenvalue weighted by Crippen LogP contribution is 2.26. The third-order valence-corrected chi connectivity index (χ3v) is 2.84. The summed E-state index contributed by atoms with van der Waals surface area (Å²) in [4.78, 5) is 14.2. The Kier molecular flexibility index (Phi) is 4.00. The van der Waals surface area contributed by atoms with Crippen LogP contribution in [0.1, 0.15) is 32.4 Å². The summed E-state index contributed by atoms with van der Waals surface area (Å²) in [6.45, 7) is 6.85. The van der Waals surface area contributed by atoms with Gasteiger partial charge in [-0.25, -0.2) is 0 Å². The fraction of sp³-hybridized carbons (Fsp3) is 0.700. The van der Waals surface area contributed by atoms with E-state index in [1.54, 1.807) is 11.6 Å². The van der Waals surface area contributed by atoms with Gasteiger partial charge >= 0.3 is 5.82 Å². The normalized spacial score (nSPS) is 14.8. The number of aryl methyl sites for hydroxylation is 1. The largest absolute Gasteiger partial charge is 0.385 e. The van der Waals surface area contributed by atoms with Gasteiger partial charge in [0.05, 0.1) is 0 Å². The third kappa shape index (κ3) is 2.38. The lowest BCUT2D eigenvalue weighted by molar-refractivity contribution is -0.390. The van der Waals surface area contributed by atoms with Gasteiger partial charge in [-0.15, -0.1) is 0 Å². The van der Waals surface area contributed by atoms with Gasteiger partial charge < -0.3 is 20.0 Å². The van der Waals surface area contributed by atoms with Gasteiger partial charge in [0.15, 0.2) is 0 Å². The molecule has 0 spiro atoms. The summed E-state index contributed by atoms with van der Waals surface area (Å²) in [6.07, 6.45) is 1.49. The zero-order valence-corrected chi connectivity index (χ0v) is 10.1. The average molecular weight is 226 g/mol. The molecule has 16 heavy (non-hydrogen) atoms. The molecule has 6 nitrogen and oxygen atoms in total. The van der Waals surface area contributed by atoms with Crippen molar-refractivity contribution in [3.63, 3.8) is 0 Å². The summed E-state index contributed by atoms with van der Waals surface area (Å²) >= 11 is 0. The van der Waals surface area contributed by atoms with Crippen LogP contribution in [0.3, 0.4) is 0 Å². The first-order chi connectivity index (χ1) is 7.49. The van der Waals surface area contributed by atoms with Gasteiger partial charge in [-0.2, -0.15) is 0 Å². The topological polar surface area (TPSA) is 73.0 Å². The van der Waals surface area contributed by atoms with E-state index in [4.69, 9.17) is 0 Å². The number of nitro groups is 1. The molecule has 2 atom stereocenters. The first kappa shape index (κ1) is 12.6. The number of nitrogens with one attached hydrogen (secondary N) is 1. The van der Waals surface area contributed by atoms with E-state index in [1.165, 1.54) is 6.33 Å². The highest BCUT2D eigenvalue weighted by atomic mass is 16.6. The van der Waals surface area contributed by atoms with Crippen LogP contribution in [0.25, 0.3) is 0 Å². The molecule has 1 rings (SSSR count). The summed E-state index contributed by atoms with van der Waals surface area (Å²) < 4.78 is 1.72. The van der Waals surface area contributed by atoms with Crippen molar-refractivity contribution in [2.75, 3.05) is 6.54 Å². The van der Waals surface area contributed by atoms with Crippen LogP contribution in [0.2, 0.25) is 0 Å². The van der Waals surface area contributed by atoms with Crippen LogP contribution < -0.4 is 5.32 Å². The molecule has 90 valence electrons. The van der Waals surface area contributed by atoms with Gasteiger partial charge in [0, 0.05) is 19.0 Å². The van der Waals surface area contributed by atoms with E-state index in [2.05, 4.69) is 10.3 Å². The molecular formula is C10H18N4O2.